The number of anilines is 1. The van der Waals surface area contributed by atoms with Crippen LogP contribution in [0.15, 0.2) is 28.7 Å². The van der Waals surface area contributed by atoms with Gasteiger partial charge >= 0.3 is 0 Å². The highest BCUT2D eigenvalue weighted by Gasteiger charge is 2.19. The van der Waals surface area contributed by atoms with E-state index in [2.05, 4.69) is 33.0 Å². The summed E-state index contributed by atoms with van der Waals surface area (Å²) in [6.45, 7) is 1.73. The minimum Gasteiger partial charge on any atom is -0.391 e. The molecule has 1 aromatic rings. The van der Waals surface area contributed by atoms with Crippen molar-refractivity contribution in [1.82, 2.24) is 0 Å². The molecule has 0 unspecified atom stereocenters. The Kier molecular flexibility index (Phi) is 2.56. The van der Waals surface area contributed by atoms with E-state index in [1.54, 1.807) is 0 Å². The molecule has 0 amide bonds. The van der Waals surface area contributed by atoms with Crippen molar-refractivity contribution in [1.29, 1.82) is 0 Å². The standard InChI is InChI=1S/C10H12BrNO/c11-8-1-3-9(4-2-8)12-6-5-10(13)7-12/h1-4,10,13H,5-7H2/t10-/m0/s1. The van der Waals surface area contributed by atoms with Crippen molar-refractivity contribution in [3.8, 4) is 0 Å². The smallest absolute Gasteiger partial charge is 0.0731 e. The Balaban J connectivity index is 2.13. The van der Waals surface area contributed by atoms with E-state index >= 15 is 0 Å². The van der Waals surface area contributed by atoms with Gasteiger partial charge in [0.15, 0.2) is 0 Å². The fraction of sp³-hybridized carbons (Fsp3) is 0.400. The van der Waals surface area contributed by atoms with Gasteiger partial charge in [-0.15, -0.1) is 0 Å². The van der Waals surface area contributed by atoms with Gasteiger partial charge < -0.3 is 10.0 Å². The highest BCUT2D eigenvalue weighted by atomic mass is 79.9. The molecular formula is C10H12BrNO. The maximum absolute atomic E-state index is 9.36. The van der Waals surface area contributed by atoms with E-state index in [4.69, 9.17) is 0 Å². The summed E-state index contributed by atoms with van der Waals surface area (Å²) >= 11 is 3.40. The Labute approximate surface area is 86.3 Å². The van der Waals surface area contributed by atoms with Crippen LogP contribution >= 0.6 is 15.9 Å². The van der Waals surface area contributed by atoms with Gasteiger partial charge in [0.05, 0.1) is 6.10 Å². The fourth-order valence-electron chi connectivity index (χ4n) is 1.63. The molecule has 0 aromatic heterocycles. The van der Waals surface area contributed by atoms with Crippen molar-refractivity contribution in [3.05, 3.63) is 28.7 Å². The molecule has 1 heterocycles. The Bertz CT molecular complexity index is 285. The minimum absolute atomic E-state index is 0.149. The summed E-state index contributed by atoms with van der Waals surface area (Å²) in [5, 5.41) is 9.36. The first-order valence-electron chi connectivity index (χ1n) is 4.44. The Morgan fingerprint density at radius 1 is 1.31 bits per heavy atom. The predicted molar refractivity (Wildman–Crippen MR) is 57.0 cm³/mol. The van der Waals surface area contributed by atoms with Crippen LogP contribution in [-0.2, 0) is 0 Å². The maximum Gasteiger partial charge on any atom is 0.0731 e. The van der Waals surface area contributed by atoms with Gasteiger partial charge in [-0.2, -0.15) is 0 Å². The van der Waals surface area contributed by atoms with Crippen molar-refractivity contribution in [2.75, 3.05) is 18.0 Å². The highest BCUT2D eigenvalue weighted by molar-refractivity contribution is 9.10. The SMILES string of the molecule is O[C@H]1CCN(c2ccc(Br)cc2)C1. The molecule has 2 nitrogen and oxygen atoms in total. The highest BCUT2D eigenvalue weighted by Crippen LogP contribution is 2.22. The lowest BCUT2D eigenvalue weighted by atomic mass is 10.3. The van der Waals surface area contributed by atoms with Gasteiger partial charge in [0, 0.05) is 23.2 Å². The van der Waals surface area contributed by atoms with Crippen LogP contribution in [-0.4, -0.2) is 24.3 Å². The van der Waals surface area contributed by atoms with Crippen LogP contribution in [0.4, 0.5) is 5.69 Å². The number of halogens is 1. The third-order valence-electron chi connectivity index (χ3n) is 2.36. The number of aliphatic hydroxyl groups is 1. The molecule has 1 aromatic carbocycles. The summed E-state index contributed by atoms with van der Waals surface area (Å²) in [5.41, 5.74) is 1.19. The van der Waals surface area contributed by atoms with E-state index in [-0.39, 0.29) is 6.10 Å². The molecule has 13 heavy (non-hydrogen) atoms. The molecule has 0 bridgehead atoms. The second-order valence-corrected chi connectivity index (χ2v) is 4.28. The minimum atomic E-state index is -0.149. The van der Waals surface area contributed by atoms with Gasteiger partial charge in [-0.25, -0.2) is 0 Å². The monoisotopic (exact) mass is 241 g/mol. The van der Waals surface area contributed by atoms with Gasteiger partial charge in [0.2, 0.25) is 0 Å². The van der Waals surface area contributed by atoms with Crippen LogP contribution in [0.5, 0.6) is 0 Å². The number of benzene rings is 1. The van der Waals surface area contributed by atoms with Gasteiger partial charge in [-0.1, -0.05) is 15.9 Å². The maximum atomic E-state index is 9.36. The van der Waals surface area contributed by atoms with Crippen LogP contribution in [0, 0.1) is 0 Å². The summed E-state index contributed by atoms with van der Waals surface area (Å²) in [7, 11) is 0. The van der Waals surface area contributed by atoms with E-state index in [1.165, 1.54) is 5.69 Å². The lowest BCUT2D eigenvalue weighted by Gasteiger charge is -2.17. The Morgan fingerprint density at radius 3 is 2.54 bits per heavy atom. The number of β-amino-alcohol motifs (C(OH)–C–C–N with tert-alkyl or cyclic N) is 1. The largest absolute Gasteiger partial charge is 0.391 e. The number of nitrogens with zero attached hydrogens (tertiary/aromatic N) is 1. The van der Waals surface area contributed by atoms with Gasteiger partial charge in [0.25, 0.3) is 0 Å². The summed E-state index contributed by atoms with van der Waals surface area (Å²) in [6.07, 6.45) is 0.736. The summed E-state index contributed by atoms with van der Waals surface area (Å²) in [6, 6.07) is 8.20. The molecule has 0 saturated carbocycles. The average molecular weight is 242 g/mol. The number of rotatable bonds is 1. The van der Waals surface area contributed by atoms with Crippen LogP contribution in [0.3, 0.4) is 0 Å². The first-order chi connectivity index (χ1) is 6.25. The first kappa shape index (κ1) is 9.03. The Hall–Kier alpha value is -0.540. The molecule has 0 aliphatic carbocycles. The van der Waals surface area contributed by atoms with Crippen LogP contribution in [0.1, 0.15) is 6.42 Å². The van der Waals surface area contributed by atoms with Crippen molar-refractivity contribution >= 4 is 21.6 Å². The molecule has 1 aliphatic rings. The van der Waals surface area contributed by atoms with Crippen molar-refractivity contribution in [2.45, 2.75) is 12.5 Å². The third-order valence-corrected chi connectivity index (χ3v) is 2.88. The zero-order valence-corrected chi connectivity index (χ0v) is 8.87. The molecule has 1 saturated heterocycles. The van der Waals surface area contributed by atoms with Crippen LogP contribution < -0.4 is 4.90 Å². The molecule has 0 radical (unpaired) electrons. The van der Waals surface area contributed by atoms with Crippen LogP contribution in [0.2, 0.25) is 0 Å². The molecule has 2 rings (SSSR count). The molecule has 1 N–H and O–H groups in total. The third kappa shape index (κ3) is 2.03. The van der Waals surface area contributed by atoms with Gasteiger partial charge in [0.1, 0.15) is 0 Å². The normalized spacial score (nSPS) is 22.3. The predicted octanol–water partition coefficient (Wildman–Crippen LogP) is 2.02. The first-order valence-corrected chi connectivity index (χ1v) is 5.23. The fourth-order valence-corrected chi connectivity index (χ4v) is 1.89. The van der Waals surface area contributed by atoms with Crippen molar-refractivity contribution < 1.29 is 5.11 Å². The molecule has 70 valence electrons. The van der Waals surface area contributed by atoms with Crippen LogP contribution in [0.25, 0.3) is 0 Å². The van der Waals surface area contributed by atoms with E-state index in [1.807, 2.05) is 12.1 Å². The molecule has 1 atom stereocenters. The second-order valence-electron chi connectivity index (χ2n) is 3.36. The van der Waals surface area contributed by atoms with Crippen molar-refractivity contribution in [2.24, 2.45) is 0 Å². The van der Waals surface area contributed by atoms with Gasteiger partial charge in [-0.3, -0.25) is 0 Å². The summed E-state index contributed by atoms with van der Waals surface area (Å²) < 4.78 is 1.09. The quantitative estimate of drug-likeness (QED) is 0.814. The Morgan fingerprint density at radius 2 is 2.00 bits per heavy atom. The lowest BCUT2D eigenvalue weighted by molar-refractivity contribution is 0.198. The van der Waals surface area contributed by atoms with E-state index < -0.39 is 0 Å². The lowest BCUT2D eigenvalue weighted by Crippen LogP contribution is -2.20. The number of hydrogen-bond acceptors (Lipinski definition) is 2. The zero-order valence-electron chi connectivity index (χ0n) is 7.28. The molecule has 1 aliphatic heterocycles. The molecular weight excluding hydrogens is 230 g/mol. The summed E-state index contributed by atoms with van der Waals surface area (Å²) in [5.74, 6) is 0. The topological polar surface area (TPSA) is 23.5 Å². The van der Waals surface area contributed by atoms with Crippen molar-refractivity contribution in [3.63, 3.8) is 0 Å². The van der Waals surface area contributed by atoms with E-state index in [9.17, 15) is 5.11 Å². The molecule has 1 fully saturated rings. The summed E-state index contributed by atoms with van der Waals surface area (Å²) in [4.78, 5) is 2.21. The number of aliphatic hydroxyl groups excluding tert-OH is 1. The zero-order chi connectivity index (χ0) is 9.26. The second kappa shape index (κ2) is 3.68. The molecule has 0 spiro atoms. The number of hydrogen-bond donors (Lipinski definition) is 1. The molecule has 3 heteroatoms. The van der Waals surface area contributed by atoms with E-state index in [0.717, 1.165) is 24.0 Å². The van der Waals surface area contributed by atoms with Gasteiger partial charge in [-0.05, 0) is 30.7 Å². The average Bonchev–Trinajstić information content (AvgIpc) is 2.53. The van der Waals surface area contributed by atoms with E-state index in [0.29, 0.717) is 0 Å².